The number of hydrogen-bond donors (Lipinski definition) is 3. The monoisotopic (exact) mass is 570 g/mol. The third-order valence-electron chi connectivity index (χ3n) is 7.19. The third-order valence-corrected chi connectivity index (χ3v) is 8.17. The zero-order valence-electron chi connectivity index (χ0n) is 23.1. The Morgan fingerprint density at radius 3 is 2.67 bits per heavy atom. The Balaban J connectivity index is 1.49. The zero-order chi connectivity index (χ0) is 29.2. The quantitative estimate of drug-likeness (QED) is 0.399. The molecule has 3 atom stereocenters. The van der Waals surface area contributed by atoms with Crippen molar-refractivity contribution in [2.45, 2.75) is 77.4 Å². The molecule has 0 unspecified atom stereocenters. The molecule has 11 heteroatoms. The second kappa shape index (κ2) is 11.6. The molecule has 2 aliphatic rings. The topological polar surface area (TPSA) is 121 Å². The number of alkyl halides is 1. The fourth-order valence-electron chi connectivity index (χ4n) is 4.69. The Hall–Kier alpha value is -3.49. The first-order valence-corrected chi connectivity index (χ1v) is 14.1. The first-order valence-electron chi connectivity index (χ1n) is 13.2. The smallest absolute Gasteiger partial charge is 0.258 e. The van der Waals surface area contributed by atoms with Crippen molar-refractivity contribution in [3.63, 3.8) is 0 Å². The number of aromatic nitrogens is 1. The van der Waals surface area contributed by atoms with Gasteiger partial charge in [-0.05, 0) is 36.8 Å². The van der Waals surface area contributed by atoms with Crippen molar-refractivity contribution in [1.82, 2.24) is 20.5 Å². The lowest BCUT2D eigenvalue weighted by molar-refractivity contribution is -0.145. The highest BCUT2D eigenvalue weighted by Gasteiger charge is 2.53. The van der Waals surface area contributed by atoms with Gasteiger partial charge in [0.05, 0.1) is 22.2 Å². The maximum absolute atomic E-state index is 14.4. The van der Waals surface area contributed by atoms with Crippen LogP contribution in [0.2, 0.25) is 0 Å². The number of ether oxygens (including phenoxy) is 1. The van der Waals surface area contributed by atoms with E-state index in [4.69, 9.17) is 11.2 Å². The molecule has 2 heterocycles. The number of amides is 3. The molecule has 0 radical (unpaired) electrons. The van der Waals surface area contributed by atoms with Crippen LogP contribution in [0.5, 0.6) is 5.75 Å². The minimum atomic E-state index is -1.95. The molecule has 9 nitrogen and oxygen atoms in total. The Kier molecular flexibility index (Phi) is 8.52. The average Bonchev–Trinajstić information content (AvgIpc) is 3.31. The number of nitrogens with one attached hydrogen (secondary N) is 2. The number of carbonyl (C=O) groups excluding carboxylic acids is 3. The summed E-state index contributed by atoms with van der Waals surface area (Å²) in [6.45, 7) is 7.25. The molecule has 4 rings (SSSR count). The molecule has 1 aliphatic carbocycles. The molecule has 1 saturated carbocycles. The number of terminal acetylenes is 1. The maximum atomic E-state index is 14.4. The van der Waals surface area contributed by atoms with Crippen LogP contribution in [0.25, 0.3) is 10.4 Å². The van der Waals surface area contributed by atoms with Crippen LogP contribution in [0.4, 0.5) is 4.39 Å². The Bertz CT molecular complexity index is 1330. The van der Waals surface area contributed by atoms with Crippen LogP contribution in [0.15, 0.2) is 23.7 Å². The summed E-state index contributed by atoms with van der Waals surface area (Å²) in [6.07, 6.45) is 4.76. The first-order chi connectivity index (χ1) is 18.8. The van der Waals surface area contributed by atoms with Gasteiger partial charge < -0.3 is 25.4 Å². The molecule has 0 spiro atoms. The van der Waals surface area contributed by atoms with Crippen molar-refractivity contribution in [2.24, 2.45) is 5.41 Å². The molecular weight excluding hydrogens is 535 g/mol. The van der Waals surface area contributed by atoms with Gasteiger partial charge in [0.25, 0.3) is 5.91 Å². The maximum Gasteiger partial charge on any atom is 0.258 e. The number of thiazole rings is 1. The molecule has 3 amide bonds. The molecule has 1 aromatic carbocycles. The Morgan fingerprint density at radius 1 is 1.35 bits per heavy atom. The molecule has 40 heavy (non-hydrogen) atoms. The minimum absolute atomic E-state index is 0.0411. The van der Waals surface area contributed by atoms with Gasteiger partial charge in [0, 0.05) is 25.1 Å². The molecule has 2 aromatic rings. The molecule has 1 saturated heterocycles. The van der Waals surface area contributed by atoms with Gasteiger partial charge in [0.1, 0.15) is 24.4 Å². The zero-order valence-corrected chi connectivity index (χ0v) is 23.9. The lowest BCUT2D eigenvalue weighted by Crippen LogP contribution is -2.59. The van der Waals surface area contributed by atoms with Crippen molar-refractivity contribution in [2.75, 3.05) is 13.2 Å². The number of aryl methyl sites for hydroxylation is 1. The highest BCUT2D eigenvalue weighted by Crippen LogP contribution is 2.40. The summed E-state index contributed by atoms with van der Waals surface area (Å²) in [5, 5.41) is 15.8. The van der Waals surface area contributed by atoms with Gasteiger partial charge in [0.2, 0.25) is 11.8 Å². The largest absolute Gasteiger partial charge is 0.481 e. The van der Waals surface area contributed by atoms with E-state index in [1.165, 1.54) is 16.2 Å². The number of hydrogen-bond acceptors (Lipinski definition) is 7. The summed E-state index contributed by atoms with van der Waals surface area (Å²) in [4.78, 5) is 46.0. The fourth-order valence-corrected chi connectivity index (χ4v) is 5.49. The SMILES string of the molecule is C#CCOc1cc(-c2scnc2C)ccc1CNC(=O)[C@@H]1C[C@@H](O)CN1C(=O)[C@@H](NC(=O)C1(F)CC1)C(C)(C)C. The normalized spacial score (nSPS) is 20.4. The van der Waals surface area contributed by atoms with Gasteiger partial charge in [-0.15, -0.1) is 17.8 Å². The molecule has 1 aliphatic heterocycles. The standard InChI is InChI=1S/C29H35FN4O5S/c1-6-11-39-22-12-18(23-17(2)32-16-40-23)7-8-19(22)14-31-25(36)21-13-20(35)15-34(21)26(37)24(28(3,4)5)33-27(38)29(30)9-10-29/h1,7-8,12,16,20-21,24,35H,9-11,13-15H2,2-5H3,(H,31,36)(H,33,38)/t20-,21+,24-/m1/s1. The van der Waals surface area contributed by atoms with Gasteiger partial charge in [-0.2, -0.15) is 0 Å². The number of nitrogens with zero attached hydrogens (tertiary/aromatic N) is 2. The molecule has 1 aromatic heterocycles. The van der Waals surface area contributed by atoms with Crippen LogP contribution < -0.4 is 15.4 Å². The number of β-amino-alcohol motifs (C(OH)–C–C–N with tert-alkyl or cyclic N) is 1. The minimum Gasteiger partial charge on any atom is -0.481 e. The number of rotatable bonds is 9. The number of carbonyl (C=O) groups is 3. The van der Waals surface area contributed by atoms with E-state index in [0.29, 0.717) is 11.3 Å². The first kappa shape index (κ1) is 29.5. The summed E-state index contributed by atoms with van der Waals surface area (Å²) in [6, 6.07) is 3.57. The van der Waals surface area contributed by atoms with Crippen LogP contribution in [-0.2, 0) is 20.9 Å². The lowest BCUT2D eigenvalue weighted by atomic mass is 9.85. The van der Waals surface area contributed by atoms with Crippen molar-refractivity contribution in [3.05, 3.63) is 35.0 Å². The Morgan fingerprint density at radius 2 is 2.08 bits per heavy atom. The van der Waals surface area contributed by atoms with Gasteiger partial charge in [-0.25, -0.2) is 9.37 Å². The van der Waals surface area contributed by atoms with Gasteiger partial charge in [0.15, 0.2) is 5.67 Å². The summed E-state index contributed by atoms with van der Waals surface area (Å²) >= 11 is 1.51. The summed E-state index contributed by atoms with van der Waals surface area (Å²) < 4.78 is 20.1. The number of aliphatic hydroxyl groups is 1. The van der Waals surface area contributed by atoms with E-state index < -0.39 is 47.0 Å². The molecule has 214 valence electrons. The van der Waals surface area contributed by atoms with Crippen LogP contribution in [0.3, 0.4) is 0 Å². The van der Waals surface area contributed by atoms with E-state index >= 15 is 0 Å². The van der Waals surface area contributed by atoms with E-state index in [-0.39, 0.29) is 39.0 Å². The molecule has 3 N–H and O–H groups in total. The van der Waals surface area contributed by atoms with Crippen LogP contribution in [0, 0.1) is 24.7 Å². The van der Waals surface area contributed by atoms with Crippen LogP contribution in [-0.4, -0.2) is 69.7 Å². The number of benzene rings is 1. The van der Waals surface area contributed by atoms with Crippen molar-refractivity contribution >= 4 is 29.1 Å². The summed E-state index contributed by atoms with van der Waals surface area (Å²) in [5.74, 6) is 1.14. The summed E-state index contributed by atoms with van der Waals surface area (Å²) in [7, 11) is 0. The highest BCUT2D eigenvalue weighted by molar-refractivity contribution is 7.13. The van der Waals surface area contributed by atoms with E-state index in [1.54, 1.807) is 26.3 Å². The van der Waals surface area contributed by atoms with Gasteiger partial charge in [-0.3, -0.25) is 14.4 Å². The fraction of sp³-hybridized carbons (Fsp3) is 0.517. The molecule has 0 bridgehead atoms. The van der Waals surface area contributed by atoms with E-state index in [0.717, 1.165) is 16.1 Å². The van der Waals surface area contributed by atoms with E-state index in [1.807, 2.05) is 25.1 Å². The van der Waals surface area contributed by atoms with E-state index in [9.17, 15) is 23.9 Å². The number of likely N-dealkylation sites (tertiary alicyclic amines) is 1. The van der Waals surface area contributed by atoms with Crippen LogP contribution >= 0.6 is 11.3 Å². The lowest BCUT2D eigenvalue weighted by Gasteiger charge is -2.35. The second-order valence-electron chi connectivity index (χ2n) is 11.4. The highest BCUT2D eigenvalue weighted by atomic mass is 32.1. The van der Waals surface area contributed by atoms with Crippen molar-refractivity contribution in [1.29, 1.82) is 0 Å². The van der Waals surface area contributed by atoms with Gasteiger partial charge in [-0.1, -0.05) is 38.8 Å². The van der Waals surface area contributed by atoms with Crippen LogP contribution in [0.1, 0.15) is 51.3 Å². The van der Waals surface area contributed by atoms with Gasteiger partial charge >= 0.3 is 0 Å². The predicted octanol–water partition coefficient (Wildman–Crippen LogP) is 2.74. The second-order valence-corrected chi connectivity index (χ2v) is 12.3. The average molecular weight is 571 g/mol. The number of aliphatic hydroxyl groups excluding tert-OH is 1. The number of halogens is 1. The molecular formula is C29H35FN4O5S. The Labute approximate surface area is 237 Å². The predicted molar refractivity (Wildman–Crippen MR) is 149 cm³/mol. The third kappa shape index (κ3) is 6.45. The molecule has 2 fully saturated rings. The van der Waals surface area contributed by atoms with Crippen molar-refractivity contribution < 1.29 is 28.6 Å². The van der Waals surface area contributed by atoms with Crippen molar-refractivity contribution in [3.8, 4) is 28.5 Å². The summed E-state index contributed by atoms with van der Waals surface area (Å²) in [5.41, 5.74) is 1.55. The van der Waals surface area contributed by atoms with E-state index in [2.05, 4.69) is 21.5 Å².